The lowest BCUT2D eigenvalue weighted by atomic mass is 9.91. The Morgan fingerprint density at radius 2 is 1.82 bits per heavy atom. The number of hydrogen-bond acceptors (Lipinski definition) is 4. The summed E-state index contributed by atoms with van der Waals surface area (Å²) in [5.41, 5.74) is 11.8. The Morgan fingerprint density at radius 1 is 1.14 bits per heavy atom. The molecule has 3 atom stereocenters. The highest BCUT2D eigenvalue weighted by Crippen LogP contribution is 2.30. The molecule has 0 saturated carbocycles. The van der Waals surface area contributed by atoms with Gasteiger partial charge < -0.3 is 11.1 Å². The SMILES string of the molecule is CC1NN2C(=O)C=C(c3ccc(C(N)=O)cc3)NC2C1Cc1ccc(Cl)cc1. The largest absolute Gasteiger partial charge is 0.366 e. The molecule has 0 radical (unpaired) electrons. The van der Waals surface area contributed by atoms with E-state index in [-0.39, 0.29) is 24.0 Å². The molecule has 2 aliphatic heterocycles. The zero-order valence-electron chi connectivity index (χ0n) is 15.4. The van der Waals surface area contributed by atoms with Crippen molar-refractivity contribution in [1.82, 2.24) is 15.8 Å². The molecule has 2 heterocycles. The number of benzene rings is 2. The molecule has 144 valence electrons. The number of carbonyl (C=O) groups is 2. The van der Waals surface area contributed by atoms with E-state index < -0.39 is 5.91 Å². The predicted octanol–water partition coefficient (Wildman–Crippen LogP) is 2.30. The molecule has 2 amide bonds. The van der Waals surface area contributed by atoms with Crippen molar-refractivity contribution in [2.45, 2.75) is 25.6 Å². The van der Waals surface area contributed by atoms with E-state index in [2.05, 4.69) is 17.7 Å². The second-order valence-electron chi connectivity index (χ2n) is 7.21. The minimum Gasteiger partial charge on any atom is -0.366 e. The van der Waals surface area contributed by atoms with E-state index >= 15 is 0 Å². The third kappa shape index (κ3) is 3.48. The van der Waals surface area contributed by atoms with Crippen LogP contribution >= 0.6 is 11.6 Å². The van der Waals surface area contributed by atoms with Crippen LogP contribution in [0.5, 0.6) is 0 Å². The third-order valence-corrected chi connectivity index (χ3v) is 5.59. The number of fused-ring (bicyclic) bond motifs is 1. The van der Waals surface area contributed by atoms with Crippen molar-refractivity contribution in [2.24, 2.45) is 11.7 Å². The van der Waals surface area contributed by atoms with E-state index in [0.717, 1.165) is 17.7 Å². The Kier molecular flexibility index (Phi) is 4.83. The van der Waals surface area contributed by atoms with Crippen molar-refractivity contribution >= 4 is 29.1 Å². The second kappa shape index (κ2) is 7.30. The van der Waals surface area contributed by atoms with Crippen molar-refractivity contribution in [1.29, 1.82) is 0 Å². The summed E-state index contributed by atoms with van der Waals surface area (Å²) >= 11 is 5.99. The fourth-order valence-electron chi connectivity index (χ4n) is 3.79. The first-order chi connectivity index (χ1) is 13.4. The maximum Gasteiger partial charge on any atom is 0.264 e. The predicted molar refractivity (Wildman–Crippen MR) is 108 cm³/mol. The van der Waals surface area contributed by atoms with Crippen LogP contribution in [-0.4, -0.2) is 29.0 Å². The van der Waals surface area contributed by atoms with Crippen LogP contribution in [-0.2, 0) is 11.2 Å². The fourth-order valence-corrected chi connectivity index (χ4v) is 3.91. The van der Waals surface area contributed by atoms with E-state index in [1.165, 1.54) is 5.56 Å². The smallest absolute Gasteiger partial charge is 0.264 e. The van der Waals surface area contributed by atoms with Gasteiger partial charge in [-0.15, -0.1) is 0 Å². The van der Waals surface area contributed by atoms with Gasteiger partial charge >= 0.3 is 0 Å². The van der Waals surface area contributed by atoms with Crippen molar-refractivity contribution in [3.05, 3.63) is 76.3 Å². The summed E-state index contributed by atoms with van der Waals surface area (Å²) in [6.07, 6.45) is 2.20. The first kappa shape index (κ1) is 18.5. The molecule has 1 fully saturated rings. The van der Waals surface area contributed by atoms with Crippen LogP contribution < -0.4 is 16.5 Å². The van der Waals surface area contributed by atoms with Crippen molar-refractivity contribution in [2.75, 3.05) is 0 Å². The normalized spacial score (nSPS) is 23.8. The molecule has 2 aliphatic rings. The maximum atomic E-state index is 12.7. The molecule has 6 nitrogen and oxygen atoms in total. The summed E-state index contributed by atoms with van der Waals surface area (Å²) in [7, 11) is 0. The summed E-state index contributed by atoms with van der Waals surface area (Å²) in [6, 6.07) is 14.8. The van der Waals surface area contributed by atoms with Gasteiger partial charge in [0, 0.05) is 34.3 Å². The molecule has 4 N–H and O–H groups in total. The number of carbonyl (C=O) groups excluding carboxylic acids is 2. The van der Waals surface area contributed by atoms with Gasteiger partial charge in [-0.1, -0.05) is 35.9 Å². The summed E-state index contributed by atoms with van der Waals surface area (Å²) < 4.78 is 0. The van der Waals surface area contributed by atoms with E-state index in [1.807, 2.05) is 24.3 Å². The molecule has 0 aliphatic carbocycles. The standard InChI is InChI=1S/C21H21ClN4O2/c1-12-17(10-13-2-8-16(22)9-3-13)21-24-18(11-19(27)26(21)25-12)14-4-6-15(7-5-14)20(23)28/h2-9,11-12,17,21,24-25H,10H2,1H3,(H2,23,28). The van der Waals surface area contributed by atoms with Crippen LogP contribution in [0.3, 0.4) is 0 Å². The lowest BCUT2D eigenvalue weighted by molar-refractivity contribution is -0.131. The monoisotopic (exact) mass is 396 g/mol. The summed E-state index contributed by atoms with van der Waals surface area (Å²) in [5, 5.41) is 5.85. The lowest BCUT2D eigenvalue weighted by Gasteiger charge is -2.33. The van der Waals surface area contributed by atoms with E-state index in [4.69, 9.17) is 17.3 Å². The van der Waals surface area contributed by atoms with Gasteiger partial charge in [-0.05, 0) is 48.7 Å². The van der Waals surface area contributed by atoms with Gasteiger partial charge in [0.2, 0.25) is 5.91 Å². The van der Waals surface area contributed by atoms with Gasteiger partial charge in [-0.2, -0.15) is 0 Å². The highest BCUT2D eigenvalue weighted by Gasteiger charge is 2.43. The molecule has 2 aromatic carbocycles. The molecule has 7 heteroatoms. The Hall–Kier alpha value is -2.83. The Labute approximate surface area is 168 Å². The Balaban J connectivity index is 1.57. The van der Waals surface area contributed by atoms with Gasteiger partial charge in [0.25, 0.3) is 5.91 Å². The van der Waals surface area contributed by atoms with E-state index in [9.17, 15) is 9.59 Å². The second-order valence-corrected chi connectivity index (χ2v) is 7.65. The maximum absolute atomic E-state index is 12.7. The molecule has 3 unspecified atom stereocenters. The van der Waals surface area contributed by atoms with Crippen LogP contribution in [0.25, 0.3) is 5.70 Å². The van der Waals surface area contributed by atoms with Gasteiger partial charge in [-0.3, -0.25) is 14.6 Å². The highest BCUT2D eigenvalue weighted by molar-refractivity contribution is 6.30. The van der Waals surface area contributed by atoms with Crippen molar-refractivity contribution in [3.63, 3.8) is 0 Å². The van der Waals surface area contributed by atoms with Gasteiger partial charge in [0.15, 0.2) is 0 Å². The summed E-state index contributed by atoms with van der Waals surface area (Å²) in [4.78, 5) is 24.0. The average molecular weight is 397 g/mol. The van der Waals surface area contributed by atoms with Crippen LogP contribution in [0.15, 0.2) is 54.6 Å². The molecular weight excluding hydrogens is 376 g/mol. The molecule has 28 heavy (non-hydrogen) atoms. The molecular formula is C21H21ClN4O2. The third-order valence-electron chi connectivity index (χ3n) is 5.34. The molecule has 2 aromatic rings. The number of halogens is 1. The Bertz CT molecular complexity index is 940. The number of nitrogens with zero attached hydrogens (tertiary/aromatic N) is 1. The molecule has 4 rings (SSSR count). The average Bonchev–Trinajstić information content (AvgIpc) is 3.00. The van der Waals surface area contributed by atoms with Gasteiger partial charge in [-0.25, -0.2) is 5.43 Å². The number of nitrogens with two attached hydrogens (primary N) is 1. The molecule has 0 aromatic heterocycles. The van der Waals surface area contributed by atoms with Crippen molar-refractivity contribution in [3.8, 4) is 0 Å². The fraction of sp³-hybridized carbons (Fsp3) is 0.238. The number of nitrogens with one attached hydrogen (secondary N) is 2. The topological polar surface area (TPSA) is 87.5 Å². The van der Waals surface area contributed by atoms with Gasteiger partial charge in [0.1, 0.15) is 6.17 Å². The summed E-state index contributed by atoms with van der Waals surface area (Å²) in [5.74, 6) is -0.391. The molecule has 0 bridgehead atoms. The first-order valence-corrected chi connectivity index (χ1v) is 9.52. The van der Waals surface area contributed by atoms with Crippen LogP contribution in [0.2, 0.25) is 5.02 Å². The van der Waals surface area contributed by atoms with Crippen LogP contribution in [0.4, 0.5) is 0 Å². The summed E-state index contributed by atoms with van der Waals surface area (Å²) in [6.45, 7) is 2.08. The zero-order valence-corrected chi connectivity index (χ0v) is 16.1. The number of rotatable bonds is 4. The number of hydrogen-bond donors (Lipinski definition) is 3. The zero-order chi connectivity index (χ0) is 19.8. The van der Waals surface area contributed by atoms with E-state index in [1.54, 1.807) is 35.4 Å². The highest BCUT2D eigenvalue weighted by atomic mass is 35.5. The molecule has 1 saturated heterocycles. The minimum atomic E-state index is -0.476. The Morgan fingerprint density at radius 3 is 2.46 bits per heavy atom. The minimum absolute atomic E-state index is 0.0943. The first-order valence-electron chi connectivity index (χ1n) is 9.14. The van der Waals surface area contributed by atoms with Crippen LogP contribution in [0.1, 0.15) is 28.4 Å². The number of amides is 2. The molecule has 0 spiro atoms. The number of hydrazine groups is 1. The van der Waals surface area contributed by atoms with E-state index in [0.29, 0.717) is 10.6 Å². The lowest BCUT2D eigenvalue weighted by Crippen LogP contribution is -2.53. The number of primary amides is 1. The van der Waals surface area contributed by atoms with Crippen LogP contribution in [0, 0.1) is 5.92 Å². The quantitative estimate of drug-likeness (QED) is 0.740. The van der Waals surface area contributed by atoms with Gasteiger partial charge in [0.05, 0.1) is 0 Å². The van der Waals surface area contributed by atoms with Crippen molar-refractivity contribution < 1.29 is 9.59 Å².